The zero-order chi connectivity index (χ0) is 15.2. The summed E-state index contributed by atoms with van der Waals surface area (Å²) in [5.74, 6) is 1.03. The van der Waals surface area contributed by atoms with Crippen LogP contribution in [0.2, 0.25) is 0 Å². The fraction of sp³-hybridized carbons (Fsp3) is 0.667. The van der Waals surface area contributed by atoms with Gasteiger partial charge in [-0.2, -0.15) is 0 Å². The van der Waals surface area contributed by atoms with Crippen LogP contribution in [0.1, 0.15) is 56.7 Å². The first-order valence-electron chi connectivity index (χ1n) is 8.17. The molecule has 0 aliphatic heterocycles. The zero-order valence-corrected chi connectivity index (χ0v) is 13.8. The highest BCUT2D eigenvalue weighted by Gasteiger charge is 2.24. The molecule has 0 radical (unpaired) electrons. The molecule has 1 aliphatic rings. The van der Waals surface area contributed by atoms with Crippen LogP contribution < -0.4 is 10.1 Å². The van der Waals surface area contributed by atoms with Crippen molar-refractivity contribution in [1.82, 2.24) is 5.32 Å². The quantitative estimate of drug-likeness (QED) is 0.859. The summed E-state index contributed by atoms with van der Waals surface area (Å²) in [5, 5.41) is 3.47. The molecule has 0 bridgehead atoms. The van der Waals surface area contributed by atoms with E-state index in [0.717, 1.165) is 31.6 Å². The van der Waals surface area contributed by atoms with E-state index in [1.54, 1.807) is 7.11 Å². The van der Waals surface area contributed by atoms with Crippen molar-refractivity contribution >= 4 is 0 Å². The molecule has 1 aliphatic carbocycles. The maximum Gasteiger partial charge on any atom is 0.124 e. The number of methoxy groups -OCH3 is 1. The Kier molecular flexibility index (Phi) is 6.07. The molecule has 0 saturated heterocycles. The first kappa shape index (κ1) is 16.3. The first-order chi connectivity index (χ1) is 10.1. The minimum Gasteiger partial charge on any atom is -0.490 e. The summed E-state index contributed by atoms with van der Waals surface area (Å²) in [6.45, 7) is 7.41. The summed E-state index contributed by atoms with van der Waals surface area (Å²) < 4.78 is 11.9. The third-order valence-corrected chi connectivity index (χ3v) is 4.35. The first-order valence-corrected chi connectivity index (χ1v) is 8.17. The SMILES string of the molecule is CCNC(C)c1ccc(C)cc1OC1CCCC(OC)C1. The van der Waals surface area contributed by atoms with Gasteiger partial charge in [0.05, 0.1) is 6.10 Å². The molecule has 1 saturated carbocycles. The molecule has 2 rings (SSSR count). The van der Waals surface area contributed by atoms with Crippen LogP contribution in [0.4, 0.5) is 0 Å². The van der Waals surface area contributed by atoms with Crippen LogP contribution in [0.25, 0.3) is 0 Å². The van der Waals surface area contributed by atoms with Crippen molar-refractivity contribution < 1.29 is 9.47 Å². The zero-order valence-electron chi connectivity index (χ0n) is 13.8. The van der Waals surface area contributed by atoms with Crippen molar-refractivity contribution in [2.75, 3.05) is 13.7 Å². The second kappa shape index (κ2) is 7.81. The van der Waals surface area contributed by atoms with E-state index in [-0.39, 0.29) is 6.10 Å². The van der Waals surface area contributed by atoms with Gasteiger partial charge in [0.2, 0.25) is 0 Å². The van der Waals surface area contributed by atoms with Gasteiger partial charge in [0.25, 0.3) is 0 Å². The predicted octanol–water partition coefficient (Wildman–Crippen LogP) is 4.00. The van der Waals surface area contributed by atoms with Crippen LogP contribution >= 0.6 is 0 Å². The Morgan fingerprint density at radius 1 is 1.29 bits per heavy atom. The molecular formula is C18H29NO2. The lowest BCUT2D eigenvalue weighted by molar-refractivity contribution is 0.0205. The third-order valence-electron chi connectivity index (χ3n) is 4.35. The van der Waals surface area contributed by atoms with Gasteiger partial charge in [0.15, 0.2) is 0 Å². The summed E-state index contributed by atoms with van der Waals surface area (Å²) in [6, 6.07) is 6.83. The molecule has 1 N–H and O–H groups in total. The largest absolute Gasteiger partial charge is 0.490 e. The minimum atomic E-state index is 0.276. The van der Waals surface area contributed by atoms with Gasteiger partial charge in [-0.25, -0.2) is 0 Å². The molecule has 3 unspecified atom stereocenters. The van der Waals surface area contributed by atoms with Gasteiger partial charge < -0.3 is 14.8 Å². The Balaban J connectivity index is 2.12. The normalized spacial score (nSPS) is 23.8. The van der Waals surface area contributed by atoms with Crippen molar-refractivity contribution in [1.29, 1.82) is 0 Å². The van der Waals surface area contributed by atoms with Crippen LogP contribution in [-0.2, 0) is 4.74 Å². The highest BCUT2D eigenvalue weighted by molar-refractivity contribution is 5.39. The average molecular weight is 291 g/mol. The van der Waals surface area contributed by atoms with Crippen molar-refractivity contribution in [2.45, 2.75) is 64.7 Å². The lowest BCUT2D eigenvalue weighted by atomic mass is 9.94. The van der Waals surface area contributed by atoms with Crippen LogP contribution in [-0.4, -0.2) is 25.9 Å². The summed E-state index contributed by atoms with van der Waals surface area (Å²) in [6.07, 6.45) is 5.10. The van der Waals surface area contributed by atoms with Crippen LogP contribution in [0, 0.1) is 6.92 Å². The highest BCUT2D eigenvalue weighted by Crippen LogP contribution is 2.31. The van der Waals surface area contributed by atoms with Crippen molar-refractivity contribution in [2.24, 2.45) is 0 Å². The summed E-state index contributed by atoms with van der Waals surface area (Å²) >= 11 is 0. The summed E-state index contributed by atoms with van der Waals surface area (Å²) in [5.41, 5.74) is 2.50. The average Bonchev–Trinajstić information content (AvgIpc) is 2.48. The number of hydrogen-bond donors (Lipinski definition) is 1. The third kappa shape index (κ3) is 4.45. The Morgan fingerprint density at radius 3 is 2.76 bits per heavy atom. The van der Waals surface area contributed by atoms with E-state index < -0.39 is 0 Å². The number of aryl methyl sites for hydroxylation is 1. The monoisotopic (exact) mass is 291 g/mol. The van der Waals surface area contributed by atoms with Gasteiger partial charge in [-0.1, -0.05) is 19.1 Å². The van der Waals surface area contributed by atoms with E-state index >= 15 is 0 Å². The van der Waals surface area contributed by atoms with Gasteiger partial charge in [-0.3, -0.25) is 0 Å². The van der Waals surface area contributed by atoms with Crippen LogP contribution in [0.3, 0.4) is 0 Å². The van der Waals surface area contributed by atoms with E-state index in [9.17, 15) is 0 Å². The predicted molar refractivity (Wildman–Crippen MR) is 87.0 cm³/mol. The molecular weight excluding hydrogens is 262 g/mol. The van der Waals surface area contributed by atoms with E-state index in [2.05, 4.69) is 44.3 Å². The van der Waals surface area contributed by atoms with Gasteiger partial charge in [0.1, 0.15) is 11.9 Å². The van der Waals surface area contributed by atoms with E-state index in [1.807, 2.05) is 0 Å². The molecule has 1 fully saturated rings. The van der Waals surface area contributed by atoms with Gasteiger partial charge in [-0.15, -0.1) is 0 Å². The van der Waals surface area contributed by atoms with Gasteiger partial charge >= 0.3 is 0 Å². The van der Waals surface area contributed by atoms with Crippen LogP contribution in [0.5, 0.6) is 5.75 Å². The van der Waals surface area contributed by atoms with E-state index in [0.29, 0.717) is 12.1 Å². The molecule has 3 atom stereocenters. The molecule has 1 aromatic rings. The second-order valence-corrected chi connectivity index (χ2v) is 6.08. The summed E-state index contributed by atoms with van der Waals surface area (Å²) in [7, 11) is 1.80. The molecule has 3 nitrogen and oxygen atoms in total. The van der Waals surface area contributed by atoms with Crippen molar-refractivity contribution in [3.05, 3.63) is 29.3 Å². The number of ether oxygens (including phenoxy) is 2. The lowest BCUT2D eigenvalue weighted by Crippen LogP contribution is -2.30. The van der Waals surface area contributed by atoms with E-state index in [4.69, 9.17) is 9.47 Å². The Hall–Kier alpha value is -1.06. The Morgan fingerprint density at radius 2 is 2.05 bits per heavy atom. The molecule has 0 spiro atoms. The molecule has 3 heteroatoms. The topological polar surface area (TPSA) is 30.5 Å². The minimum absolute atomic E-state index is 0.276. The standard InChI is InChI=1S/C18H29NO2/c1-5-19-14(3)17-10-9-13(2)11-18(17)21-16-8-6-7-15(12-16)20-4/h9-11,14-16,19H,5-8,12H2,1-4H3. The molecule has 0 heterocycles. The molecule has 0 aromatic heterocycles. The molecule has 1 aromatic carbocycles. The Bertz CT molecular complexity index is 447. The van der Waals surface area contributed by atoms with Crippen molar-refractivity contribution in [3.8, 4) is 5.75 Å². The lowest BCUT2D eigenvalue weighted by Gasteiger charge is -2.30. The molecule has 21 heavy (non-hydrogen) atoms. The Labute approximate surface area is 129 Å². The molecule has 0 amide bonds. The number of rotatable bonds is 6. The fourth-order valence-corrected chi connectivity index (χ4v) is 3.12. The smallest absolute Gasteiger partial charge is 0.124 e. The van der Waals surface area contributed by atoms with Gasteiger partial charge in [0, 0.05) is 25.1 Å². The number of benzene rings is 1. The second-order valence-electron chi connectivity index (χ2n) is 6.08. The number of hydrogen-bond acceptors (Lipinski definition) is 3. The molecule has 118 valence electrons. The fourth-order valence-electron chi connectivity index (χ4n) is 3.12. The van der Waals surface area contributed by atoms with E-state index in [1.165, 1.54) is 17.5 Å². The van der Waals surface area contributed by atoms with Crippen LogP contribution in [0.15, 0.2) is 18.2 Å². The summed E-state index contributed by atoms with van der Waals surface area (Å²) in [4.78, 5) is 0. The maximum absolute atomic E-state index is 6.35. The van der Waals surface area contributed by atoms with Crippen molar-refractivity contribution in [3.63, 3.8) is 0 Å². The highest BCUT2D eigenvalue weighted by atomic mass is 16.5. The van der Waals surface area contributed by atoms with Gasteiger partial charge in [-0.05, 0) is 51.3 Å². The number of nitrogens with one attached hydrogen (secondary N) is 1. The maximum atomic E-state index is 6.35.